The first-order chi connectivity index (χ1) is 10.5. The molecule has 22 heavy (non-hydrogen) atoms. The van der Waals surface area contributed by atoms with Crippen molar-refractivity contribution in [2.45, 2.75) is 26.7 Å². The quantitative estimate of drug-likeness (QED) is 0.631. The number of rotatable bonds is 4. The number of nitrogens with zero attached hydrogens (tertiary/aromatic N) is 1. The van der Waals surface area contributed by atoms with Gasteiger partial charge in [0.2, 0.25) is 0 Å². The van der Waals surface area contributed by atoms with Crippen LogP contribution in [-0.2, 0) is 9.53 Å². The normalized spacial score (nSPS) is 12.4. The summed E-state index contributed by atoms with van der Waals surface area (Å²) in [6, 6.07) is 10.3. The third-order valence-electron chi connectivity index (χ3n) is 3.77. The van der Waals surface area contributed by atoms with E-state index in [0.29, 0.717) is 0 Å². The summed E-state index contributed by atoms with van der Waals surface area (Å²) in [6.07, 6.45) is 5.08. The first-order valence-electron chi connectivity index (χ1n) is 7.31. The van der Waals surface area contributed by atoms with Crippen LogP contribution < -0.4 is 0 Å². The van der Waals surface area contributed by atoms with Crippen LogP contribution in [0.4, 0.5) is 0 Å². The molecule has 0 bridgehead atoms. The average Bonchev–Trinajstić information content (AvgIpc) is 2.52. The van der Waals surface area contributed by atoms with Crippen LogP contribution in [0.5, 0.6) is 0 Å². The first kappa shape index (κ1) is 16.0. The smallest absolute Gasteiger partial charge is 0.330 e. The standard InChI is InChI=1S/C19H21NO2/c1-13-7-9-17(16(12-13)8-10-18(21)22-4)15(3)19-14(2)6-5-11-20-19/h5-12,15H,1-4H3/b10-8+. The van der Waals surface area contributed by atoms with Crippen molar-refractivity contribution >= 4 is 12.0 Å². The molecule has 0 N–H and O–H groups in total. The van der Waals surface area contributed by atoms with Crippen molar-refractivity contribution in [2.75, 3.05) is 7.11 Å². The first-order valence-corrected chi connectivity index (χ1v) is 7.31. The number of aryl methyl sites for hydroxylation is 2. The van der Waals surface area contributed by atoms with Gasteiger partial charge >= 0.3 is 5.97 Å². The summed E-state index contributed by atoms with van der Waals surface area (Å²) in [5.74, 6) is -0.201. The fraction of sp³-hybridized carbons (Fsp3) is 0.263. The summed E-state index contributed by atoms with van der Waals surface area (Å²) in [6.45, 7) is 6.24. The highest BCUT2D eigenvalue weighted by Gasteiger charge is 2.15. The summed E-state index contributed by atoms with van der Waals surface area (Å²) in [7, 11) is 1.38. The molecule has 1 unspecified atom stereocenters. The van der Waals surface area contributed by atoms with Crippen LogP contribution in [-0.4, -0.2) is 18.1 Å². The fourth-order valence-corrected chi connectivity index (χ4v) is 2.56. The number of hydrogen-bond acceptors (Lipinski definition) is 3. The van der Waals surface area contributed by atoms with Gasteiger partial charge in [0.05, 0.1) is 12.8 Å². The van der Waals surface area contributed by atoms with E-state index in [4.69, 9.17) is 0 Å². The molecule has 114 valence electrons. The lowest BCUT2D eigenvalue weighted by atomic mass is 9.89. The summed E-state index contributed by atoms with van der Waals surface area (Å²) >= 11 is 0. The molecule has 0 saturated carbocycles. The minimum Gasteiger partial charge on any atom is -0.466 e. The van der Waals surface area contributed by atoms with Gasteiger partial charge in [-0.3, -0.25) is 4.98 Å². The molecule has 0 fully saturated rings. The maximum atomic E-state index is 11.4. The molecule has 2 aromatic rings. The molecular weight excluding hydrogens is 274 g/mol. The van der Waals surface area contributed by atoms with Gasteiger partial charge in [-0.15, -0.1) is 0 Å². The van der Waals surface area contributed by atoms with Crippen molar-refractivity contribution < 1.29 is 9.53 Å². The van der Waals surface area contributed by atoms with E-state index >= 15 is 0 Å². The summed E-state index contributed by atoms with van der Waals surface area (Å²) in [5, 5.41) is 0. The molecule has 3 heteroatoms. The van der Waals surface area contributed by atoms with Gasteiger partial charge in [0.25, 0.3) is 0 Å². The van der Waals surface area contributed by atoms with E-state index in [2.05, 4.69) is 47.8 Å². The van der Waals surface area contributed by atoms with Crippen LogP contribution in [0.25, 0.3) is 6.08 Å². The van der Waals surface area contributed by atoms with Crippen molar-refractivity contribution in [3.05, 3.63) is 70.6 Å². The third-order valence-corrected chi connectivity index (χ3v) is 3.77. The number of esters is 1. The lowest BCUT2D eigenvalue weighted by molar-refractivity contribution is -0.134. The molecule has 3 nitrogen and oxygen atoms in total. The molecule has 1 aromatic carbocycles. The summed E-state index contributed by atoms with van der Waals surface area (Å²) in [5.41, 5.74) is 5.53. The highest BCUT2D eigenvalue weighted by atomic mass is 16.5. The number of carbonyl (C=O) groups is 1. The molecule has 0 saturated heterocycles. The van der Waals surface area contributed by atoms with E-state index in [1.165, 1.54) is 18.7 Å². The number of pyridine rings is 1. The lowest BCUT2D eigenvalue weighted by Gasteiger charge is -2.17. The summed E-state index contributed by atoms with van der Waals surface area (Å²) < 4.78 is 4.67. The zero-order valence-electron chi connectivity index (χ0n) is 13.5. The van der Waals surface area contributed by atoms with Gasteiger partial charge in [-0.2, -0.15) is 0 Å². The molecule has 1 aromatic heterocycles. The predicted octanol–water partition coefficient (Wildman–Crippen LogP) is 4.04. The van der Waals surface area contributed by atoms with Gasteiger partial charge in [0, 0.05) is 18.2 Å². The maximum absolute atomic E-state index is 11.4. The Morgan fingerprint density at radius 2 is 2.05 bits per heavy atom. The molecule has 1 atom stereocenters. The minimum absolute atomic E-state index is 0.152. The Hall–Kier alpha value is -2.42. The monoisotopic (exact) mass is 295 g/mol. The SMILES string of the molecule is COC(=O)/C=C/c1cc(C)ccc1C(C)c1ncccc1C. The highest BCUT2D eigenvalue weighted by Crippen LogP contribution is 2.29. The van der Waals surface area contributed by atoms with Gasteiger partial charge in [0.15, 0.2) is 0 Å². The van der Waals surface area contributed by atoms with E-state index in [9.17, 15) is 4.79 Å². The number of ether oxygens (including phenoxy) is 1. The predicted molar refractivity (Wildman–Crippen MR) is 88.7 cm³/mol. The van der Waals surface area contributed by atoms with Crippen LogP contribution in [0.1, 0.15) is 40.8 Å². The van der Waals surface area contributed by atoms with Crippen molar-refractivity contribution in [1.82, 2.24) is 4.98 Å². The van der Waals surface area contributed by atoms with Crippen LogP contribution in [0.15, 0.2) is 42.6 Å². The molecule has 2 rings (SSSR count). The maximum Gasteiger partial charge on any atom is 0.330 e. The average molecular weight is 295 g/mol. The van der Waals surface area contributed by atoms with Gasteiger partial charge in [0.1, 0.15) is 0 Å². The van der Waals surface area contributed by atoms with Gasteiger partial charge in [-0.05, 0) is 42.7 Å². The Bertz CT molecular complexity index is 704. The Balaban J connectivity index is 2.44. The number of methoxy groups -OCH3 is 1. The second-order valence-corrected chi connectivity index (χ2v) is 5.42. The lowest BCUT2D eigenvalue weighted by Crippen LogP contribution is -2.04. The topological polar surface area (TPSA) is 39.2 Å². The van der Waals surface area contributed by atoms with Crippen LogP contribution in [0, 0.1) is 13.8 Å². The molecular formula is C19H21NO2. The molecule has 0 amide bonds. The van der Waals surface area contributed by atoms with Crippen molar-refractivity contribution in [3.63, 3.8) is 0 Å². The van der Waals surface area contributed by atoms with E-state index in [1.54, 1.807) is 0 Å². The van der Waals surface area contributed by atoms with Crippen LogP contribution >= 0.6 is 0 Å². The Kier molecular flexibility index (Phi) is 5.10. The minimum atomic E-state index is -0.353. The van der Waals surface area contributed by atoms with Crippen molar-refractivity contribution in [2.24, 2.45) is 0 Å². The van der Waals surface area contributed by atoms with E-state index in [-0.39, 0.29) is 11.9 Å². The van der Waals surface area contributed by atoms with E-state index < -0.39 is 0 Å². The van der Waals surface area contributed by atoms with Gasteiger partial charge < -0.3 is 4.74 Å². The Morgan fingerprint density at radius 3 is 2.73 bits per heavy atom. The largest absolute Gasteiger partial charge is 0.466 e. The molecule has 0 spiro atoms. The second kappa shape index (κ2) is 7.03. The molecule has 0 aliphatic carbocycles. The number of carbonyl (C=O) groups excluding carboxylic acids is 1. The highest BCUT2D eigenvalue weighted by molar-refractivity contribution is 5.87. The third kappa shape index (κ3) is 3.61. The Morgan fingerprint density at radius 1 is 1.27 bits per heavy atom. The number of aromatic nitrogens is 1. The van der Waals surface area contributed by atoms with Crippen LogP contribution in [0.2, 0.25) is 0 Å². The van der Waals surface area contributed by atoms with Gasteiger partial charge in [-0.1, -0.05) is 36.8 Å². The molecule has 0 aliphatic heterocycles. The second-order valence-electron chi connectivity index (χ2n) is 5.42. The number of benzene rings is 1. The number of hydrogen-bond donors (Lipinski definition) is 0. The van der Waals surface area contributed by atoms with E-state index in [1.807, 2.05) is 25.3 Å². The zero-order chi connectivity index (χ0) is 16.1. The van der Waals surface area contributed by atoms with Gasteiger partial charge in [-0.25, -0.2) is 4.79 Å². The van der Waals surface area contributed by atoms with Crippen molar-refractivity contribution in [1.29, 1.82) is 0 Å². The summed E-state index contributed by atoms with van der Waals surface area (Å²) in [4.78, 5) is 15.9. The Labute approximate surface area is 131 Å². The van der Waals surface area contributed by atoms with Crippen molar-refractivity contribution in [3.8, 4) is 0 Å². The van der Waals surface area contributed by atoms with Crippen LogP contribution in [0.3, 0.4) is 0 Å². The fourth-order valence-electron chi connectivity index (χ4n) is 2.56. The molecule has 0 radical (unpaired) electrons. The van der Waals surface area contributed by atoms with E-state index in [0.717, 1.165) is 22.4 Å². The zero-order valence-corrected chi connectivity index (χ0v) is 13.5. The molecule has 0 aliphatic rings. The molecule has 1 heterocycles.